The van der Waals surface area contributed by atoms with E-state index in [1.807, 2.05) is 19.4 Å². The number of nitrogens with zero attached hydrogens (tertiary/aromatic N) is 2. The summed E-state index contributed by atoms with van der Waals surface area (Å²) >= 11 is 1.66. The third-order valence-corrected chi connectivity index (χ3v) is 4.80. The van der Waals surface area contributed by atoms with E-state index in [-0.39, 0.29) is 11.6 Å². The van der Waals surface area contributed by atoms with Crippen LogP contribution in [0.5, 0.6) is 0 Å². The Morgan fingerprint density at radius 3 is 2.70 bits per heavy atom. The van der Waals surface area contributed by atoms with Crippen molar-refractivity contribution in [2.24, 2.45) is 0 Å². The maximum absolute atomic E-state index is 11.9. The zero-order valence-electron chi connectivity index (χ0n) is 13.7. The molecule has 0 fully saturated rings. The first-order valence-electron chi connectivity index (χ1n) is 7.69. The molecule has 0 unspecified atom stereocenters. The van der Waals surface area contributed by atoms with Gasteiger partial charge in [0.05, 0.1) is 11.2 Å². The van der Waals surface area contributed by atoms with Crippen molar-refractivity contribution in [1.29, 1.82) is 0 Å². The molecule has 2 heterocycles. The van der Waals surface area contributed by atoms with E-state index in [9.17, 15) is 9.59 Å². The predicted molar refractivity (Wildman–Crippen MR) is 90.8 cm³/mol. The Kier molecular flexibility index (Phi) is 6.04. The number of hydrogen-bond donors (Lipinski definition) is 2. The molecule has 0 spiro atoms. The van der Waals surface area contributed by atoms with Crippen molar-refractivity contribution in [3.8, 4) is 0 Å². The van der Waals surface area contributed by atoms with E-state index in [2.05, 4.69) is 20.3 Å². The van der Waals surface area contributed by atoms with Crippen LogP contribution in [-0.2, 0) is 17.6 Å². The zero-order chi connectivity index (χ0) is 16.8. The van der Waals surface area contributed by atoms with E-state index in [1.54, 1.807) is 18.3 Å². The highest BCUT2D eigenvalue weighted by Crippen LogP contribution is 2.14. The Morgan fingerprint density at radius 1 is 1.26 bits per heavy atom. The molecule has 0 bridgehead atoms. The van der Waals surface area contributed by atoms with Crippen LogP contribution in [0.15, 0.2) is 10.3 Å². The molecule has 0 aliphatic rings. The fraction of sp³-hybridized carbons (Fsp3) is 0.500. The van der Waals surface area contributed by atoms with Crippen molar-refractivity contribution in [3.63, 3.8) is 0 Å². The number of hydrogen-bond acceptors (Lipinski definition) is 5. The lowest BCUT2D eigenvalue weighted by Crippen LogP contribution is -2.25. The fourth-order valence-corrected chi connectivity index (χ4v) is 3.32. The van der Waals surface area contributed by atoms with Gasteiger partial charge in [0.15, 0.2) is 0 Å². The van der Waals surface area contributed by atoms with E-state index in [0.29, 0.717) is 25.1 Å². The lowest BCUT2D eigenvalue weighted by atomic mass is 10.1. The van der Waals surface area contributed by atoms with E-state index < -0.39 is 0 Å². The highest BCUT2D eigenvalue weighted by atomic mass is 32.1. The van der Waals surface area contributed by atoms with Crippen molar-refractivity contribution < 1.29 is 4.79 Å². The van der Waals surface area contributed by atoms with Crippen molar-refractivity contribution in [1.82, 2.24) is 20.3 Å². The van der Waals surface area contributed by atoms with Crippen LogP contribution in [0.2, 0.25) is 0 Å². The number of thiazole rings is 1. The number of amides is 1. The van der Waals surface area contributed by atoms with Crippen molar-refractivity contribution in [2.45, 2.75) is 46.5 Å². The summed E-state index contributed by atoms with van der Waals surface area (Å²) in [6, 6.07) is 0. The highest BCUT2D eigenvalue weighted by Gasteiger charge is 2.09. The number of nitrogens with one attached hydrogen (secondary N) is 2. The Hall–Kier alpha value is -2.02. The molecule has 0 radical (unpaired) electrons. The van der Waals surface area contributed by atoms with Gasteiger partial charge in [-0.2, -0.15) is 4.98 Å². The van der Waals surface area contributed by atoms with Crippen LogP contribution in [0.4, 0.5) is 0 Å². The Balaban J connectivity index is 1.73. The molecule has 1 amide bonds. The average Bonchev–Trinajstić information content (AvgIpc) is 2.88. The first-order valence-corrected chi connectivity index (χ1v) is 8.57. The van der Waals surface area contributed by atoms with Gasteiger partial charge in [0, 0.05) is 29.2 Å². The molecular weight excluding hydrogens is 312 g/mol. The Labute approximate surface area is 139 Å². The Morgan fingerprint density at radius 2 is 2.04 bits per heavy atom. The van der Waals surface area contributed by atoms with Gasteiger partial charge in [-0.1, -0.05) is 0 Å². The third-order valence-electron chi connectivity index (χ3n) is 3.80. The van der Waals surface area contributed by atoms with Gasteiger partial charge in [-0.3, -0.25) is 4.79 Å². The minimum Gasteiger partial charge on any atom is -0.356 e. The number of aromatic amines is 1. The average molecular weight is 334 g/mol. The van der Waals surface area contributed by atoms with E-state index in [4.69, 9.17) is 0 Å². The monoisotopic (exact) mass is 334 g/mol. The van der Waals surface area contributed by atoms with Gasteiger partial charge < -0.3 is 10.3 Å². The first-order chi connectivity index (χ1) is 11.0. The van der Waals surface area contributed by atoms with E-state index in [0.717, 1.165) is 29.8 Å². The topological polar surface area (TPSA) is 87.7 Å². The maximum Gasteiger partial charge on any atom is 0.345 e. The molecule has 0 atom stereocenters. The lowest BCUT2D eigenvalue weighted by molar-refractivity contribution is -0.121. The summed E-state index contributed by atoms with van der Waals surface area (Å²) in [6.07, 6.45) is 2.84. The van der Waals surface area contributed by atoms with Crippen molar-refractivity contribution in [2.75, 3.05) is 6.54 Å². The minimum absolute atomic E-state index is 0.0241. The molecule has 124 valence electrons. The van der Waals surface area contributed by atoms with Gasteiger partial charge in [0.25, 0.3) is 0 Å². The molecule has 6 nitrogen and oxygen atoms in total. The van der Waals surface area contributed by atoms with Crippen LogP contribution in [0.3, 0.4) is 0 Å². The van der Waals surface area contributed by atoms with Gasteiger partial charge >= 0.3 is 5.69 Å². The summed E-state index contributed by atoms with van der Waals surface area (Å²) in [5.41, 5.74) is 5.02. The van der Waals surface area contributed by atoms with Gasteiger partial charge in [-0.05, 0) is 45.6 Å². The molecule has 2 aromatic rings. The summed E-state index contributed by atoms with van der Waals surface area (Å²) in [7, 11) is 0. The summed E-state index contributed by atoms with van der Waals surface area (Å²) < 4.78 is 0. The van der Waals surface area contributed by atoms with Gasteiger partial charge in [0.2, 0.25) is 5.91 Å². The van der Waals surface area contributed by atoms with Gasteiger partial charge in [-0.25, -0.2) is 9.78 Å². The second-order valence-electron chi connectivity index (χ2n) is 5.55. The molecular formula is C16H22N4O2S. The second kappa shape index (κ2) is 8.01. The van der Waals surface area contributed by atoms with Gasteiger partial charge in [-0.15, -0.1) is 11.3 Å². The van der Waals surface area contributed by atoms with Gasteiger partial charge in [0.1, 0.15) is 0 Å². The summed E-state index contributed by atoms with van der Waals surface area (Å²) in [5, 5.41) is 2.94. The Bertz CT molecular complexity index is 710. The lowest BCUT2D eigenvalue weighted by Gasteiger charge is -2.08. The second-order valence-corrected chi connectivity index (χ2v) is 6.48. The molecule has 0 saturated heterocycles. The minimum atomic E-state index is -0.341. The van der Waals surface area contributed by atoms with Crippen LogP contribution >= 0.6 is 11.3 Å². The predicted octanol–water partition coefficient (Wildman–Crippen LogP) is 1.83. The number of H-pyrrole nitrogens is 1. The van der Waals surface area contributed by atoms with Crippen LogP contribution in [0.1, 0.15) is 40.4 Å². The standard InChI is InChI=1S/C16H22N4O2S/c1-10-13(11(2)20-16(22)19-10)6-7-15(21)17-8-4-5-14-12(3)18-9-23-14/h9H,4-8H2,1-3H3,(H,17,21)(H,19,20,22). The van der Waals surface area contributed by atoms with Crippen LogP contribution in [0, 0.1) is 20.8 Å². The summed E-state index contributed by atoms with van der Waals surface area (Å²) in [4.78, 5) is 35.2. The number of rotatable bonds is 7. The summed E-state index contributed by atoms with van der Waals surface area (Å²) in [6.45, 7) is 6.30. The number of aromatic nitrogens is 3. The number of carbonyl (C=O) groups excluding carboxylic acids is 1. The normalized spacial score (nSPS) is 10.7. The molecule has 0 aliphatic heterocycles. The molecule has 0 aromatic carbocycles. The van der Waals surface area contributed by atoms with Crippen molar-refractivity contribution in [3.05, 3.63) is 43.5 Å². The van der Waals surface area contributed by atoms with E-state index in [1.165, 1.54) is 4.88 Å². The SMILES string of the molecule is Cc1ncsc1CCCNC(=O)CCc1c(C)nc(=O)[nH]c1C. The molecule has 7 heteroatoms. The largest absolute Gasteiger partial charge is 0.356 e. The van der Waals surface area contributed by atoms with Crippen LogP contribution in [-0.4, -0.2) is 27.4 Å². The molecule has 0 saturated carbocycles. The van der Waals surface area contributed by atoms with Crippen molar-refractivity contribution >= 4 is 17.2 Å². The zero-order valence-corrected chi connectivity index (χ0v) is 14.5. The molecule has 2 rings (SSSR count). The smallest absolute Gasteiger partial charge is 0.345 e. The van der Waals surface area contributed by atoms with Crippen LogP contribution in [0.25, 0.3) is 0 Å². The molecule has 2 N–H and O–H groups in total. The number of aryl methyl sites for hydroxylation is 4. The maximum atomic E-state index is 11.9. The van der Waals surface area contributed by atoms with E-state index >= 15 is 0 Å². The third kappa shape index (κ3) is 4.99. The number of carbonyl (C=O) groups is 1. The first kappa shape index (κ1) is 17.3. The fourth-order valence-electron chi connectivity index (χ4n) is 2.49. The molecule has 2 aromatic heterocycles. The van der Waals surface area contributed by atoms with Crippen LogP contribution < -0.4 is 11.0 Å². The highest BCUT2D eigenvalue weighted by molar-refractivity contribution is 7.09. The molecule has 23 heavy (non-hydrogen) atoms. The quantitative estimate of drug-likeness (QED) is 0.756. The summed E-state index contributed by atoms with van der Waals surface area (Å²) in [5.74, 6) is 0.0241. The molecule has 0 aliphatic carbocycles.